The van der Waals surface area contributed by atoms with Gasteiger partial charge in [-0.05, 0) is 12.7 Å². The molecule has 0 radical (unpaired) electrons. The predicted molar refractivity (Wildman–Crippen MR) is 58.8 cm³/mol. The van der Waals surface area contributed by atoms with Crippen molar-refractivity contribution in [2.75, 3.05) is 25.1 Å². The Balaban J connectivity index is 2.49. The van der Waals surface area contributed by atoms with Crippen molar-refractivity contribution in [1.29, 1.82) is 0 Å². The van der Waals surface area contributed by atoms with Crippen molar-refractivity contribution in [3.63, 3.8) is 0 Å². The minimum absolute atomic E-state index is 0.00192. The van der Waals surface area contributed by atoms with Gasteiger partial charge in [-0.25, -0.2) is 0 Å². The normalized spacial score (nSPS) is 25.6. The van der Waals surface area contributed by atoms with Gasteiger partial charge in [0.2, 0.25) is 5.91 Å². The predicted octanol–water partition coefficient (Wildman–Crippen LogP) is -0.246. The van der Waals surface area contributed by atoms with Crippen LogP contribution in [-0.4, -0.2) is 52.5 Å². The summed E-state index contributed by atoms with van der Waals surface area (Å²) in [7, 11) is 0. The number of thioether (sulfide) groups is 1. The largest absolute Gasteiger partial charge is 0.480 e. The molecule has 1 aliphatic rings. The molecule has 86 valence electrons. The Kier molecular flexibility index (Phi) is 3.98. The van der Waals surface area contributed by atoms with Crippen molar-refractivity contribution in [2.45, 2.75) is 18.4 Å². The molecule has 5 nitrogen and oxygen atoms in total. The SMILES string of the molecule is CSCCC(=O)N1CCC(N)(C(=O)O)C1. The highest BCUT2D eigenvalue weighted by atomic mass is 32.2. The fourth-order valence-electron chi connectivity index (χ4n) is 1.57. The van der Waals surface area contributed by atoms with Crippen LogP contribution in [0.2, 0.25) is 0 Å². The molecule has 3 N–H and O–H groups in total. The van der Waals surface area contributed by atoms with Crippen LogP contribution in [0.15, 0.2) is 0 Å². The minimum Gasteiger partial charge on any atom is -0.480 e. The van der Waals surface area contributed by atoms with Crippen LogP contribution in [0.5, 0.6) is 0 Å². The summed E-state index contributed by atoms with van der Waals surface area (Å²) in [4.78, 5) is 24.0. The lowest BCUT2D eigenvalue weighted by Crippen LogP contribution is -2.50. The molecule has 6 heteroatoms. The molecule has 0 aliphatic carbocycles. The monoisotopic (exact) mass is 232 g/mol. The second-order valence-corrected chi connectivity index (χ2v) is 4.75. The van der Waals surface area contributed by atoms with E-state index in [0.717, 1.165) is 5.75 Å². The summed E-state index contributed by atoms with van der Waals surface area (Å²) in [6.45, 7) is 0.589. The topological polar surface area (TPSA) is 83.6 Å². The molecule has 1 atom stereocenters. The molecule has 0 aromatic carbocycles. The number of aliphatic carboxylic acids is 1. The summed E-state index contributed by atoms with van der Waals surface area (Å²) in [5.41, 5.74) is 4.42. The number of hydrogen-bond acceptors (Lipinski definition) is 4. The van der Waals surface area contributed by atoms with Gasteiger partial charge in [-0.3, -0.25) is 9.59 Å². The second-order valence-electron chi connectivity index (χ2n) is 3.77. The number of carboxylic acids is 1. The number of carboxylic acid groups (broad SMARTS) is 1. The number of likely N-dealkylation sites (tertiary alicyclic amines) is 1. The highest BCUT2D eigenvalue weighted by Gasteiger charge is 2.42. The smallest absolute Gasteiger partial charge is 0.325 e. The highest BCUT2D eigenvalue weighted by molar-refractivity contribution is 7.98. The summed E-state index contributed by atoms with van der Waals surface area (Å²) in [5.74, 6) is -0.263. The molecule has 0 bridgehead atoms. The number of carbonyl (C=O) groups excluding carboxylic acids is 1. The molecule has 0 aromatic rings. The first-order chi connectivity index (χ1) is 6.99. The first-order valence-electron chi connectivity index (χ1n) is 4.78. The van der Waals surface area contributed by atoms with Crippen molar-refractivity contribution < 1.29 is 14.7 Å². The zero-order valence-electron chi connectivity index (χ0n) is 8.73. The van der Waals surface area contributed by atoms with Gasteiger partial charge in [-0.2, -0.15) is 11.8 Å². The fourth-order valence-corrected chi connectivity index (χ4v) is 1.95. The van der Waals surface area contributed by atoms with E-state index in [1.54, 1.807) is 16.7 Å². The Morgan fingerprint density at radius 1 is 1.60 bits per heavy atom. The number of nitrogens with zero attached hydrogens (tertiary/aromatic N) is 1. The number of rotatable bonds is 4. The first kappa shape index (κ1) is 12.3. The molecule has 1 fully saturated rings. The van der Waals surface area contributed by atoms with Crippen LogP contribution >= 0.6 is 11.8 Å². The number of amides is 1. The Labute approximate surface area is 93.0 Å². The van der Waals surface area contributed by atoms with Crippen LogP contribution in [0.4, 0.5) is 0 Å². The lowest BCUT2D eigenvalue weighted by Gasteiger charge is -2.19. The molecule has 15 heavy (non-hydrogen) atoms. The summed E-state index contributed by atoms with van der Waals surface area (Å²) < 4.78 is 0. The first-order valence-corrected chi connectivity index (χ1v) is 6.18. The van der Waals surface area contributed by atoms with E-state index in [9.17, 15) is 9.59 Å². The van der Waals surface area contributed by atoms with Gasteiger partial charge in [0.1, 0.15) is 5.54 Å². The van der Waals surface area contributed by atoms with Gasteiger partial charge in [-0.1, -0.05) is 0 Å². The molecular weight excluding hydrogens is 216 g/mol. The second kappa shape index (κ2) is 4.85. The molecule has 0 aromatic heterocycles. The van der Waals surface area contributed by atoms with Gasteiger partial charge >= 0.3 is 5.97 Å². The van der Waals surface area contributed by atoms with Crippen LogP contribution in [0.25, 0.3) is 0 Å². The van der Waals surface area contributed by atoms with Crippen LogP contribution in [-0.2, 0) is 9.59 Å². The number of nitrogens with two attached hydrogens (primary N) is 1. The lowest BCUT2D eigenvalue weighted by molar-refractivity contribution is -0.143. The minimum atomic E-state index is -1.24. The quantitative estimate of drug-likeness (QED) is 0.698. The van der Waals surface area contributed by atoms with Gasteiger partial charge in [0.15, 0.2) is 0 Å². The van der Waals surface area contributed by atoms with E-state index in [0.29, 0.717) is 19.4 Å². The maximum Gasteiger partial charge on any atom is 0.325 e. The van der Waals surface area contributed by atoms with Crippen LogP contribution < -0.4 is 5.73 Å². The standard InChI is InChI=1S/C9H16N2O3S/c1-15-5-2-7(12)11-4-3-9(10,6-11)8(13)14/h2-6,10H2,1H3,(H,13,14). The van der Waals surface area contributed by atoms with Crippen molar-refractivity contribution in [3.05, 3.63) is 0 Å². The third-order valence-corrected chi connectivity index (χ3v) is 3.21. The van der Waals surface area contributed by atoms with Gasteiger partial charge in [-0.15, -0.1) is 0 Å². The van der Waals surface area contributed by atoms with Crippen LogP contribution in [0, 0.1) is 0 Å². The summed E-state index contributed by atoms with van der Waals surface area (Å²) in [6.07, 6.45) is 2.73. The maximum absolute atomic E-state index is 11.6. The van der Waals surface area contributed by atoms with Crippen LogP contribution in [0.1, 0.15) is 12.8 Å². The van der Waals surface area contributed by atoms with E-state index in [4.69, 9.17) is 10.8 Å². The van der Waals surface area contributed by atoms with Crippen LogP contribution in [0.3, 0.4) is 0 Å². The number of carbonyl (C=O) groups is 2. The molecule has 1 heterocycles. The Hall–Kier alpha value is -0.750. The number of hydrogen-bond donors (Lipinski definition) is 2. The van der Waals surface area contributed by atoms with Gasteiger partial charge in [0, 0.05) is 25.3 Å². The lowest BCUT2D eigenvalue weighted by atomic mass is 10.0. The van der Waals surface area contributed by atoms with Crippen molar-refractivity contribution in [1.82, 2.24) is 4.90 Å². The van der Waals surface area contributed by atoms with Crippen molar-refractivity contribution in [3.8, 4) is 0 Å². The van der Waals surface area contributed by atoms with E-state index in [2.05, 4.69) is 0 Å². The van der Waals surface area contributed by atoms with Crippen molar-refractivity contribution in [2.24, 2.45) is 5.73 Å². The molecule has 1 rings (SSSR count). The Morgan fingerprint density at radius 2 is 2.27 bits per heavy atom. The van der Waals surface area contributed by atoms with Gasteiger partial charge in [0.25, 0.3) is 0 Å². The summed E-state index contributed by atoms with van der Waals surface area (Å²) >= 11 is 1.60. The van der Waals surface area contributed by atoms with Gasteiger partial charge < -0.3 is 15.7 Å². The maximum atomic E-state index is 11.6. The van der Waals surface area contributed by atoms with E-state index in [1.807, 2.05) is 6.26 Å². The van der Waals surface area contributed by atoms with E-state index in [1.165, 1.54) is 0 Å². The van der Waals surface area contributed by atoms with Crippen molar-refractivity contribution >= 4 is 23.6 Å². The molecule has 0 saturated carbocycles. The van der Waals surface area contributed by atoms with E-state index < -0.39 is 11.5 Å². The third-order valence-electron chi connectivity index (χ3n) is 2.60. The fraction of sp³-hybridized carbons (Fsp3) is 0.778. The molecule has 0 spiro atoms. The molecule has 1 unspecified atom stereocenters. The molecule has 1 saturated heterocycles. The summed E-state index contributed by atoms with van der Waals surface area (Å²) in [6, 6.07) is 0. The third kappa shape index (κ3) is 2.85. The zero-order valence-corrected chi connectivity index (χ0v) is 9.55. The van der Waals surface area contributed by atoms with Gasteiger partial charge in [0.05, 0.1) is 0 Å². The summed E-state index contributed by atoms with van der Waals surface area (Å²) in [5, 5.41) is 8.88. The highest BCUT2D eigenvalue weighted by Crippen LogP contribution is 2.19. The average Bonchev–Trinajstić information content (AvgIpc) is 2.59. The Bertz CT molecular complexity index is 272. The van der Waals surface area contributed by atoms with E-state index >= 15 is 0 Å². The molecule has 1 aliphatic heterocycles. The molecular formula is C9H16N2O3S. The Morgan fingerprint density at radius 3 is 2.73 bits per heavy atom. The average molecular weight is 232 g/mol. The molecule has 1 amide bonds. The zero-order chi connectivity index (χ0) is 11.5. The van der Waals surface area contributed by atoms with E-state index in [-0.39, 0.29) is 12.5 Å².